The number of ether oxygens (including phenoxy) is 2. The molecule has 4 nitrogen and oxygen atoms in total. The maximum atomic E-state index is 13.7. The van der Waals surface area contributed by atoms with Crippen molar-refractivity contribution in [3.63, 3.8) is 0 Å². The molecule has 6 rings (SSSR count). The van der Waals surface area contributed by atoms with Gasteiger partial charge in [-0.25, -0.2) is 0 Å². The van der Waals surface area contributed by atoms with Crippen molar-refractivity contribution in [2.45, 2.75) is 65.2 Å². The van der Waals surface area contributed by atoms with Crippen molar-refractivity contribution in [2.75, 3.05) is 13.2 Å². The van der Waals surface area contributed by atoms with E-state index in [1.165, 1.54) is 25.7 Å². The van der Waals surface area contributed by atoms with Crippen LogP contribution in [0.3, 0.4) is 0 Å². The number of unbranched alkanes of at least 4 members (excludes halogenated alkanes) is 6. The van der Waals surface area contributed by atoms with Gasteiger partial charge in [0.25, 0.3) is 0 Å². The Hall–Kier alpha value is -4.18. The number of hydrogen-bond acceptors (Lipinski definition) is 4. The first-order valence-corrected chi connectivity index (χ1v) is 15.5. The molecule has 0 unspecified atom stereocenters. The molecule has 0 aromatic heterocycles. The van der Waals surface area contributed by atoms with E-state index in [-0.39, 0.29) is 11.6 Å². The Kier molecular flexibility index (Phi) is 8.23. The summed E-state index contributed by atoms with van der Waals surface area (Å²) in [5.41, 5.74) is 1.89. The van der Waals surface area contributed by atoms with Crippen molar-refractivity contribution in [1.82, 2.24) is 0 Å². The van der Waals surface area contributed by atoms with E-state index >= 15 is 0 Å². The van der Waals surface area contributed by atoms with Crippen LogP contribution in [-0.4, -0.2) is 24.8 Å². The number of hydrogen-bond donors (Lipinski definition) is 0. The lowest BCUT2D eigenvalue weighted by Gasteiger charge is -2.19. The van der Waals surface area contributed by atoms with Crippen molar-refractivity contribution in [3.05, 3.63) is 95.1 Å². The lowest BCUT2D eigenvalue weighted by atomic mass is 9.81. The van der Waals surface area contributed by atoms with Crippen LogP contribution in [0.1, 0.15) is 97.1 Å². The molecule has 5 aromatic carbocycles. The summed E-state index contributed by atoms with van der Waals surface area (Å²) >= 11 is 0. The van der Waals surface area contributed by atoms with Crippen LogP contribution in [0.15, 0.2) is 72.8 Å². The van der Waals surface area contributed by atoms with Crippen molar-refractivity contribution < 1.29 is 19.1 Å². The Balaban J connectivity index is 1.37. The zero-order valence-electron chi connectivity index (χ0n) is 24.6. The van der Waals surface area contributed by atoms with E-state index in [9.17, 15) is 9.59 Å². The van der Waals surface area contributed by atoms with Gasteiger partial charge in [0, 0.05) is 22.3 Å². The van der Waals surface area contributed by atoms with Crippen molar-refractivity contribution in [2.24, 2.45) is 0 Å². The van der Waals surface area contributed by atoms with Crippen LogP contribution in [-0.2, 0) is 0 Å². The van der Waals surface area contributed by atoms with Gasteiger partial charge in [-0.05, 0) is 93.7 Å². The summed E-state index contributed by atoms with van der Waals surface area (Å²) in [5, 5.41) is 5.80. The molecule has 0 fully saturated rings. The predicted molar refractivity (Wildman–Crippen MR) is 172 cm³/mol. The predicted octanol–water partition coefficient (Wildman–Crippen LogP) is 9.84. The number of rotatable bonds is 12. The Morgan fingerprint density at radius 3 is 1.24 bits per heavy atom. The van der Waals surface area contributed by atoms with Gasteiger partial charge in [-0.1, -0.05) is 76.6 Å². The van der Waals surface area contributed by atoms with E-state index < -0.39 is 0 Å². The minimum Gasteiger partial charge on any atom is -0.490 e. The summed E-state index contributed by atoms with van der Waals surface area (Å²) < 4.78 is 12.5. The second-order valence-electron chi connectivity index (χ2n) is 11.5. The molecule has 5 aromatic rings. The molecule has 0 aliphatic heterocycles. The summed E-state index contributed by atoms with van der Waals surface area (Å²) in [6.45, 7) is 5.73. The highest BCUT2D eigenvalue weighted by Crippen LogP contribution is 2.38. The molecule has 0 heterocycles. The third kappa shape index (κ3) is 5.51. The van der Waals surface area contributed by atoms with E-state index in [0.717, 1.165) is 69.5 Å². The highest BCUT2D eigenvalue weighted by molar-refractivity contribution is 6.30. The van der Waals surface area contributed by atoms with Crippen LogP contribution in [0.5, 0.6) is 11.5 Å². The lowest BCUT2D eigenvalue weighted by molar-refractivity contribution is 0.0979. The van der Waals surface area contributed by atoms with E-state index in [0.29, 0.717) is 35.5 Å². The fourth-order valence-electron chi connectivity index (χ4n) is 5.99. The average Bonchev–Trinajstić information content (AvgIpc) is 3.01. The maximum absolute atomic E-state index is 13.7. The first-order valence-electron chi connectivity index (χ1n) is 15.5. The molecule has 0 radical (unpaired) electrons. The zero-order chi connectivity index (χ0) is 29.1. The first-order chi connectivity index (χ1) is 20.6. The van der Waals surface area contributed by atoms with Crippen molar-refractivity contribution in [1.29, 1.82) is 0 Å². The normalized spacial score (nSPS) is 12.6. The topological polar surface area (TPSA) is 52.6 Å². The Morgan fingerprint density at radius 1 is 0.452 bits per heavy atom. The quantitative estimate of drug-likeness (QED) is 0.111. The molecule has 1 aliphatic carbocycles. The number of fused-ring (bicyclic) bond motifs is 5. The molecule has 0 saturated carbocycles. The Bertz CT molecular complexity index is 1670. The SMILES string of the molecule is CCCCCCOc1cc2cc3cc4c(cc3cc2cc1OCCCCCC)C(=O)c1cc2ccccc2cc1C4=O. The van der Waals surface area contributed by atoms with E-state index in [1.807, 2.05) is 48.5 Å². The average molecular weight is 559 g/mol. The summed E-state index contributed by atoms with van der Waals surface area (Å²) in [4.78, 5) is 27.3. The van der Waals surface area contributed by atoms with Gasteiger partial charge < -0.3 is 9.47 Å². The smallest absolute Gasteiger partial charge is 0.194 e. The largest absolute Gasteiger partial charge is 0.490 e. The van der Waals surface area contributed by atoms with Crippen LogP contribution in [0.2, 0.25) is 0 Å². The summed E-state index contributed by atoms with van der Waals surface area (Å²) in [5.74, 6) is 1.32. The van der Waals surface area contributed by atoms with Gasteiger partial charge in [0.2, 0.25) is 0 Å². The minimum absolute atomic E-state index is 0.102. The molecular formula is C38H38O4. The second-order valence-corrected chi connectivity index (χ2v) is 11.5. The molecule has 42 heavy (non-hydrogen) atoms. The fraction of sp³-hybridized carbons (Fsp3) is 0.316. The molecule has 0 saturated heterocycles. The fourth-order valence-corrected chi connectivity index (χ4v) is 5.99. The van der Waals surface area contributed by atoms with E-state index in [2.05, 4.69) is 38.1 Å². The van der Waals surface area contributed by atoms with E-state index in [4.69, 9.17) is 9.47 Å². The van der Waals surface area contributed by atoms with Crippen molar-refractivity contribution >= 4 is 43.9 Å². The summed E-state index contributed by atoms with van der Waals surface area (Å²) in [7, 11) is 0. The van der Waals surface area contributed by atoms with Crippen LogP contribution in [0, 0.1) is 0 Å². The summed E-state index contributed by atoms with van der Waals surface area (Å²) in [6, 6.07) is 23.6. The van der Waals surface area contributed by atoms with Crippen LogP contribution < -0.4 is 9.47 Å². The van der Waals surface area contributed by atoms with E-state index in [1.54, 1.807) is 0 Å². The molecule has 1 aliphatic rings. The molecule has 0 N–H and O–H groups in total. The Labute approximate surface area is 247 Å². The summed E-state index contributed by atoms with van der Waals surface area (Å²) in [6.07, 6.45) is 9.12. The number of benzene rings is 5. The molecule has 4 heteroatoms. The number of carbonyl (C=O) groups is 2. The number of carbonyl (C=O) groups excluding carboxylic acids is 2. The van der Waals surface area contributed by atoms with Gasteiger partial charge in [-0.15, -0.1) is 0 Å². The third-order valence-electron chi connectivity index (χ3n) is 8.37. The maximum Gasteiger partial charge on any atom is 0.194 e. The van der Waals surface area contributed by atoms with Crippen LogP contribution >= 0.6 is 0 Å². The molecule has 0 spiro atoms. The van der Waals surface area contributed by atoms with Crippen molar-refractivity contribution in [3.8, 4) is 11.5 Å². The standard InChI is InChI=1S/C38H38O4/c1-3-5-7-11-15-41-35-23-29-17-27-21-33-34(22-28(27)18-30(29)24-36(35)42-16-12-8-6-4-2)38(40)32-20-26-14-10-9-13-25(26)19-31(32)37(33)39/h9-10,13-14,17-24H,3-8,11-12,15-16H2,1-2H3. The first kappa shape index (κ1) is 28.0. The zero-order valence-corrected chi connectivity index (χ0v) is 24.6. The molecule has 0 bridgehead atoms. The Morgan fingerprint density at radius 2 is 0.833 bits per heavy atom. The molecular weight excluding hydrogens is 520 g/mol. The van der Waals surface area contributed by atoms with Gasteiger partial charge in [-0.2, -0.15) is 0 Å². The van der Waals surface area contributed by atoms with Gasteiger partial charge in [0.15, 0.2) is 23.1 Å². The third-order valence-corrected chi connectivity index (χ3v) is 8.37. The molecule has 0 atom stereocenters. The molecule has 0 amide bonds. The molecule has 214 valence electrons. The van der Waals surface area contributed by atoms with Crippen LogP contribution in [0.25, 0.3) is 32.3 Å². The highest BCUT2D eigenvalue weighted by atomic mass is 16.5. The van der Waals surface area contributed by atoms with Gasteiger partial charge >= 0.3 is 0 Å². The van der Waals surface area contributed by atoms with Crippen LogP contribution in [0.4, 0.5) is 0 Å². The minimum atomic E-state index is -0.102. The van der Waals surface area contributed by atoms with Gasteiger partial charge in [0.05, 0.1) is 13.2 Å². The lowest BCUT2D eigenvalue weighted by Crippen LogP contribution is -2.20. The monoisotopic (exact) mass is 558 g/mol. The number of ketones is 2. The highest BCUT2D eigenvalue weighted by Gasteiger charge is 2.30. The van der Waals surface area contributed by atoms with Gasteiger partial charge in [-0.3, -0.25) is 9.59 Å². The van der Waals surface area contributed by atoms with Gasteiger partial charge in [0.1, 0.15) is 0 Å². The second kappa shape index (κ2) is 12.4.